The third kappa shape index (κ3) is 3.88. The van der Waals surface area contributed by atoms with E-state index in [2.05, 4.69) is 17.6 Å². The van der Waals surface area contributed by atoms with E-state index in [-0.39, 0.29) is 11.7 Å². The summed E-state index contributed by atoms with van der Waals surface area (Å²) >= 11 is 0. The number of furan rings is 1. The van der Waals surface area contributed by atoms with Gasteiger partial charge in [-0.15, -0.1) is 0 Å². The van der Waals surface area contributed by atoms with Crippen LogP contribution >= 0.6 is 0 Å². The molecule has 3 rings (SSSR count). The van der Waals surface area contributed by atoms with Crippen LogP contribution in [-0.2, 0) is 11.2 Å². The molecular formula is C20H20N2O3. The molecule has 2 amide bonds. The first-order chi connectivity index (χ1) is 12.1. The fourth-order valence-corrected chi connectivity index (χ4v) is 2.50. The zero-order valence-electron chi connectivity index (χ0n) is 14.2. The highest BCUT2D eigenvalue weighted by molar-refractivity contribution is 6.01. The molecule has 0 aliphatic heterocycles. The zero-order valence-corrected chi connectivity index (χ0v) is 14.2. The van der Waals surface area contributed by atoms with Crippen molar-refractivity contribution < 1.29 is 14.0 Å². The summed E-state index contributed by atoms with van der Waals surface area (Å²) in [6.07, 6.45) is 0.943. The molecule has 5 nitrogen and oxygen atoms in total. The Morgan fingerprint density at radius 3 is 2.48 bits per heavy atom. The van der Waals surface area contributed by atoms with Crippen molar-refractivity contribution in [1.82, 2.24) is 5.32 Å². The highest BCUT2D eigenvalue weighted by Gasteiger charge is 2.19. The normalized spacial score (nSPS) is 11.9. The minimum absolute atomic E-state index is 0.188. The van der Waals surface area contributed by atoms with Crippen molar-refractivity contribution in [3.63, 3.8) is 0 Å². The lowest BCUT2D eigenvalue weighted by Gasteiger charge is -2.13. The average molecular weight is 336 g/mol. The molecule has 0 saturated heterocycles. The van der Waals surface area contributed by atoms with Crippen molar-refractivity contribution in [2.45, 2.75) is 26.3 Å². The van der Waals surface area contributed by atoms with Crippen LogP contribution in [0.1, 0.15) is 30.0 Å². The number of nitrogens with one attached hydrogen (secondary N) is 2. The number of hydrogen-bond acceptors (Lipinski definition) is 3. The smallest absolute Gasteiger partial charge is 0.287 e. The van der Waals surface area contributed by atoms with Gasteiger partial charge < -0.3 is 15.1 Å². The van der Waals surface area contributed by atoms with E-state index in [0.29, 0.717) is 11.3 Å². The molecule has 1 aromatic heterocycles. The number of benzene rings is 2. The number of amides is 2. The zero-order chi connectivity index (χ0) is 17.8. The molecule has 0 saturated carbocycles. The summed E-state index contributed by atoms with van der Waals surface area (Å²) in [7, 11) is 0. The lowest BCUT2D eigenvalue weighted by molar-refractivity contribution is -0.117. The molecule has 128 valence electrons. The van der Waals surface area contributed by atoms with Crippen molar-refractivity contribution in [1.29, 1.82) is 0 Å². The fraction of sp³-hybridized carbons (Fsp3) is 0.200. The van der Waals surface area contributed by atoms with Crippen LogP contribution in [0.3, 0.4) is 0 Å². The number of carbonyl (C=O) groups excluding carboxylic acids is 2. The second-order valence-electron chi connectivity index (χ2n) is 5.88. The summed E-state index contributed by atoms with van der Waals surface area (Å²) in [6.45, 7) is 3.71. The Morgan fingerprint density at radius 1 is 1.08 bits per heavy atom. The third-order valence-corrected chi connectivity index (χ3v) is 4.02. The monoisotopic (exact) mass is 336 g/mol. The molecule has 0 spiro atoms. The van der Waals surface area contributed by atoms with Gasteiger partial charge in [0.2, 0.25) is 5.91 Å². The maximum atomic E-state index is 12.3. The SMILES string of the molecule is CCc1ccc(NC(=O)[C@H](C)NC(=O)c2cc3ccccc3o2)cc1. The molecule has 0 bridgehead atoms. The molecule has 5 heteroatoms. The van der Waals surface area contributed by atoms with Crippen LogP contribution in [0.25, 0.3) is 11.0 Å². The van der Waals surface area contributed by atoms with Gasteiger partial charge >= 0.3 is 0 Å². The lowest BCUT2D eigenvalue weighted by Crippen LogP contribution is -2.41. The Balaban J connectivity index is 1.62. The van der Waals surface area contributed by atoms with E-state index in [4.69, 9.17) is 4.42 Å². The second kappa shape index (κ2) is 7.21. The standard InChI is InChI=1S/C20H20N2O3/c1-3-14-8-10-16(11-9-14)22-19(23)13(2)21-20(24)18-12-15-6-4-5-7-17(15)25-18/h4-13H,3H2,1-2H3,(H,21,24)(H,22,23)/t13-/m0/s1. The highest BCUT2D eigenvalue weighted by atomic mass is 16.3. The molecule has 2 aromatic carbocycles. The van der Waals surface area contributed by atoms with E-state index in [9.17, 15) is 9.59 Å². The van der Waals surface area contributed by atoms with Gasteiger partial charge in [-0.25, -0.2) is 0 Å². The van der Waals surface area contributed by atoms with Crippen molar-refractivity contribution in [3.8, 4) is 0 Å². The molecule has 0 fully saturated rings. The van der Waals surface area contributed by atoms with Crippen LogP contribution in [0.2, 0.25) is 0 Å². The van der Waals surface area contributed by atoms with Gasteiger partial charge in [-0.1, -0.05) is 37.3 Å². The van der Waals surface area contributed by atoms with Crippen LogP contribution in [0.15, 0.2) is 59.0 Å². The lowest BCUT2D eigenvalue weighted by atomic mass is 10.1. The summed E-state index contributed by atoms with van der Waals surface area (Å²) in [4.78, 5) is 24.5. The number of fused-ring (bicyclic) bond motifs is 1. The molecule has 0 aliphatic rings. The Morgan fingerprint density at radius 2 is 1.80 bits per heavy atom. The number of anilines is 1. The topological polar surface area (TPSA) is 71.3 Å². The fourth-order valence-electron chi connectivity index (χ4n) is 2.50. The first kappa shape index (κ1) is 16.8. The van der Waals surface area contributed by atoms with Gasteiger partial charge in [-0.05, 0) is 43.2 Å². The van der Waals surface area contributed by atoms with E-state index < -0.39 is 11.9 Å². The van der Waals surface area contributed by atoms with E-state index in [1.54, 1.807) is 19.1 Å². The molecule has 0 unspecified atom stereocenters. The Hall–Kier alpha value is -3.08. The first-order valence-corrected chi connectivity index (χ1v) is 8.26. The van der Waals surface area contributed by atoms with E-state index >= 15 is 0 Å². The van der Waals surface area contributed by atoms with Gasteiger partial charge in [0.05, 0.1) is 0 Å². The maximum Gasteiger partial charge on any atom is 0.287 e. The molecular weight excluding hydrogens is 316 g/mol. The number of rotatable bonds is 5. The van der Waals surface area contributed by atoms with Gasteiger partial charge in [-0.2, -0.15) is 0 Å². The van der Waals surface area contributed by atoms with Crippen LogP contribution in [-0.4, -0.2) is 17.9 Å². The largest absolute Gasteiger partial charge is 0.451 e. The Kier molecular flexibility index (Phi) is 4.84. The second-order valence-corrected chi connectivity index (χ2v) is 5.88. The van der Waals surface area contributed by atoms with Gasteiger partial charge in [0.25, 0.3) is 5.91 Å². The van der Waals surface area contributed by atoms with E-state index in [1.165, 1.54) is 5.56 Å². The van der Waals surface area contributed by atoms with Crippen molar-refractivity contribution in [3.05, 3.63) is 65.9 Å². The maximum absolute atomic E-state index is 12.3. The van der Waals surface area contributed by atoms with Crippen molar-refractivity contribution >= 4 is 28.5 Å². The summed E-state index contributed by atoms with van der Waals surface area (Å²) in [5, 5.41) is 6.30. The van der Waals surface area contributed by atoms with Gasteiger partial charge in [-0.3, -0.25) is 9.59 Å². The quantitative estimate of drug-likeness (QED) is 0.745. The Labute approximate surface area is 146 Å². The summed E-state index contributed by atoms with van der Waals surface area (Å²) in [6, 6.07) is 16.0. The predicted octanol–water partition coefficient (Wildman–Crippen LogP) is 3.75. The van der Waals surface area contributed by atoms with Gasteiger partial charge in [0.1, 0.15) is 11.6 Å². The number of carbonyl (C=O) groups is 2. The predicted molar refractivity (Wildman–Crippen MR) is 97.6 cm³/mol. The van der Waals surface area contributed by atoms with Crippen molar-refractivity contribution in [2.75, 3.05) is 5.32 Å². The average Bonchev–Trinajstić information content (AvgIpc) is 3.06. The molecule has 1 heterocycles. The first-order valence-electron chi connectivity index (χ1n) is 8.26. The number of hydrogen-bond donors (Lipinski definition) is 2. The van der Waals surface area contributed by atoms with Crippen LogP contribution < -0.4 is 10.6 Å². The minimum Gasteiger partial charge on any atom is -0.451 e. The highest BCUT2D eigenvalue weighted by Crippen LogP contribution is 2.18. The summed E-state index contributed by atoms with van der Waals surface area (Å²) < 4.78 is 5.51. The van der Waals surface area contributed by atoms with Crippen LogP contribution in [0, 0.1) is 0 Å². The van der Waals surface area contributed by atoms with Gasteiger partial charge in [0.15, 0.2) is 5.76 Å². The molecule has 0 aliphatic carbocycles. The molecule has 3 aromatic rings. The summed E-state index contributed by atoms with van der Waals surface area (Å²) in [5.41, 5.74) is 2.54. The number of aryl methyl sites for hydroxylation is 1. The van der Waals surface area contributed by atoms with E-state index in [0.717, 1.165) is 11.8 Å². The van der Waals surface area contributed by atoms with E-state index in [1.807, 2.05) is 42.5 Å². The molecule has 2 N–H and O–H groups in total. The van der Waals surface area contributed by atoms with Gasteiger partial charge in [0, 0.05) is 11.1 Å². The number of para-hydroxylation sites is 1. The van der Waals surface area contributed by atoms with Crippen LogP contribution in [0.5, 0.6) is 0 Å². The molecule has 25 heavy (non-hydrogen) atoms. The molecule has 0 radical (unpaired) electrons. The van der Waals surface area contributed by atoms with Crippen molar-refractivity contribution in [2.24, 2.45) is 0 Å². The van der Waals surface area contributed by atoms with Crippen LogP contribution in [0.4, 0.5) is 5.69 Å². The minimum atomic E-state index is -0.688. The Bertz CT molecular complexity index is 864. The third-order valence-electron chi connectivity index (χ3n) is 4.02. The molecule has 1 atom stereocenters. The summed E-state index contributed by atoms with van der Waals surface area (Å²) in [5.74, 6) is -0.512.